The monoisotopic (exact) mass is 324 g/mol. The highest BCUT2D eigenvalue weighted by Gasteiger charge is 2.25. The van der Waals surface area contributed by atoms with Gasteiger partial charge in [-0.25, -0.2) is 4.79 Å². The van der Waals surface area contributed by atoms with Gasteiger partial charge in [0.2, 0.25) is 0 Å². The summed E-state index contributed by atoms with van der Waals surface area (Å²) in [6.45, 7) is 8.01. The third kappa shape index (κ3) is 7.45. The smallest absolute Gasteiger partial charge is 0.338 e. The topological polar surface area (TPSA) is 69.8 Å². The molecule has 0 spiro atoms. The predicted molar refractivity (Wildman–Crippen MR) is 83.9 cm³/mol. The number of carbonyl (C=O) groups excluding carboxylic acids is 1. The van der Waals surface area contributed by atoms with Crippen molar-refractivity contribution in [3.05, 3.63) is 29.8 Å². The molecule has 0 radical (unpaired) electrons. The summed E-state index contributed by atoms with van der Waals surface area (Å²) in [4.78, 5) is 11.6. The standard InChI is InChI=1S/C13H14O5.C4H10O/c14-13(18-8-12-7-17-12)9-1-3-10(4-2-9)15-5-11-6-16-11;1-3-5-4-2/h1-4,11-12H,5-8H2;3-4H2,1-2H3. The lowest BCUT2D eigenvalue weighted by atomic mass is 10.2. The van der Waals surface area contributed by atoms with Crippen LogP contribution in [0.5, 0.6) is 5.75 Å². The summed E-state index contributed by atoms with van der Waals surface area (Å²) in [5.74, 6) is 0.398. The summed E-state index contributed by atoms with van der Waals surface area (Å²) < 4.78 is 25.4. The molecule has 2 heterocycles. The van der Waals surface area contributed by atoms with Crippen molar-refractivity contribution in [2.75, 3.05) is 39.6 Å². The molecule has 2 fully saturated rings. The van der Waals surface area contributed by atoms with E-state index in [-0.39, 0.29) is 18.2 Å². The summed E-state index contributed by atoms with van der Waals surface area (Å²) in [6.07, 6.45) is 0.322. The zero-order valence-corrected chi connectivity index (χ0v) is 13.7. The van der Waals surface area contributed by atoms with Gasteiger partial charge in [0.05, 0.1) is 18.8 Å². The number of esters is 1. The quantitative estimate of drug-likeness (QED) is 0.538. The van der Waals surface area contributed by atoms with Gasteiger partial charge in [-0.3, -0.25) is 0 Å². The van der Waals surface area contributed by atoms with E-state index in [1.54, 1.807) is 24.3 Å². The van der Waals surface area contributed by atoms with E-state index >= 15 is 0 Å². The molecule has 2 unspecified atom stereocenters. The molecule has 0 aliphatic carbocycles. The normalized spacial score (nSPS) is 21.0. The molecule has 1 aromatic carbocycles. The van der Waals surface area contributed by atoms with Gasteiger partial charge in [-0.2, -0.15) is 0 Å². The van der Waals surface area contributed by atoms with Crippen molar-refractivity contribution in [1.82, 2.24) is 0 Å². The fourth-order valence-corrected chi connectivity index (χ4v) is 1.66. The van der Waals surface area contributed by atoms with Crippen LogP contribution in [0, 0.1) is 0 Å². The highest BCUT2D eigenvalue weighted by atomic mass is 16.6. The summed E-state index contributed by atoms with van der Waals surface area (Å²) in [5.41, 5.74) is 0.519. The molecular formula is C17H24O6. The molecule has 2 aliphatic heterocycles. The first-order valence-electron chi connectivity index (χ1n) is 7.93. The number of hydrogen-bond acceptors (Lipinski definition) is 6. The zero-order valence-electron chi connectivity index (χ0n) is 13.7. The Kier molecular flexibility index (Phi) is 7.32. The van der Waals surface area contributed by atoms with Crippen LogP contribution in [0.25, 0.3) is 0 Å². The number of carbonyl (C=O) groups is 1. The summed E-state index contributed by atoms with van der Waals surface area (Å²) in [7, 11) is 0. The average molecular weight is 324 g/mol. The first-order chi connectivity index (χ1) is 11.2. The van der Waals surface area contributed by atoms with Crippen molar-refractivity contribution in [2.45, 2.75) is 26.1 Å². The van der Waals surface area contributed by atoms with E-state index in [1.807, 2.05) is 13.8 Å². The molecule has 1 aromatic rings. The Morgan fingerprint density at radius 2 is 1.61 bits per heavy atom. The maximum atomic E-state index is 11.6. The van der Waals surface area contributed by atoms with E-state index < -0.39 is 0 Å². The Labute approximate surface area is 136 Å². The van der Waals surface area contributed by atoms with Gasteiger partial charge in [-0.1, -0.05) is 0 Å². The Balaban J connectivity index is 0.000000338. The molecule has 23 heavy (non-hydrogen) atoms. The molecular weight excluding hydrogens is 300 g/mol. The second-order valence-corrected chi connectivity index (χ2v) is 5.13. The van der Waals surface area contributed by atoms with E-state index in [4.69, 9.17) is 23.7 Å². The fraction of sp³-hybridized carbons (Fsp3) is 0.588. The number of hydrogen-bond donors (Lipinski definition) is 0. The predicted octanol–water partition coefficient (Wildman–Crippen LogP) is 2.06. The Morgan fingerprint density at radius 1 is 1.04 bits per heavy atom. The van der Waals surface area contributed by atoms with Crippen LogP contribution < -0.4 is 4.74 Å². The SMILES string of the molecule is CCOCC.O=C(OCC1CO1)c1ccc(OCC2CO2)cc1. The van der Waals surface area contributed by atoms with Gasteiger partial charge in [-0.15, -0.1) is 0 Å². The molecule has 6 heteroatoms. The molecule has 2 atom stereocenters. The van der Waals surface area contributed by atoms with Crippen LogP contribution in [0.15, 0.2) is 24.3 Å². The fourth-order valence-electron chi connectivity index (χ4n) is 1.66. The summed E-state index contributed by atoms with van der Waals surface area (Å²) >= 11 is 0. The van der Waals surface area contributed by atoms with Crippen LogP contribution in [0.1, 0.15) is 24.2 Å². The van der Waals surface area contributed by atoms with E-state index in [0.29, 0.717) is 25.4 Å². The van der Waals surface area contributed by atoms with Crippen LogP contribution in [0.3, 0.4) is 0 Å². The van der Waals surface area contributed by atoms with Crippen LogP contribution in [-0.4, -0.2) is 57.8 Å². The number of rotatable bonds is 8. The van der Waals surface area contributed by atoms with Crippen molar-refractivity contribution < 1.29 is 28.5 Å². The minimum absolute atomic E-state index is 0.0927. The maximum Gasteiger partial charge on any atom is 0.338 e. The molecule has 0 aromatic heterocycles. The highest BCUT2D eigenvalue weighted by Crippen LogP contribution is 2.17. The van der Waals surface area contributed by atoms with E-state index in [2.05, 4.69) is 0 Å². The van der Waals surface area contributed by atoms with Crippen LogP contribution in [0.2, 0.25) is 0 Å². The molecule has 3 rings (SSSR count). The number of epoxide rings is 2. The minimum atomic E-state index is -0.331. The van der Waals surface area contributed by atoms with E-state index in [0.717, 1.165) is 25.6 Å². The van der Waals surface area contributed by atoms with Crippen LogP contribution in [0.4, 0.5) is 0 Å². The Bertz CT molecular complexity index is 462. The Morgan fingerprint density at radius 3 is 2.09 bits per heavy atom. The third-order valence-electron chi connectivity index (χ3n) is 3.14. The maximum absolute atomic E-state index is 11.6. The molecule has 128 valence electrons. The molecule has 0 N–H and O–H groups in total. The second-order valence-electron chi connectivity index (χ2n) is 5.13. The number of ether oxygens (including phenoxy) is 5. The molecule has 0 bridgehead atoms. The molecule has 0 saturated carbocycles. The minimum Gasteiger partial charge on any atom is -0.491 e. The van der Waals surface area contributed by atoms with Gasteiger partial charge in [0, 0.05) is 13.2 Å². The lowest BCUT2D eigenvalue weighted by molar-refractivity contribution is 0.0476. The third-order valence-corrected chi connectivity index (χ3v) is 3.14. The Hall–Kier alpha value is -1.63. The van der Waals surface area contributed by atoms with Crippen molar-refractivity contribution in [2.24, 2.45) is 0 Å². The zero-order chi connectivity index (χ0) is 16.5. The first kappa shape index (κ1) is 17.7. The molecule has 2 saturated heterocycles. The average Bonchev–Trinajstić information content (AvgIpc) is 3.47. The lowest BCUT2D eigenvalue weighted by Gasteiger charge is -2.05. The van der Waals surface area contributed by atoms with Gasteiger partial charge in [-0.05, 0) is 38.1 Å². The first-order valence-corrected chi connectivity index (χ1v) is 7.93. The summed E-state index contributed by atoms with van der Waals surface area (Å²) in [6, 6.07) is 6.90. The molecule has 2 aliphatic rings. The lowest BCUT2D eigenvalue weighted by Crippen LogP contribution is -2.10. The number of benzene rings is 1. The van der Waals surface area contributed by atoms with Gasteiger partial charge in [0.1, 0.15) is 31.2 Å². The van der Waals surface area contributed by atoms with Crippen LogP contribution in [-0.2, 0) is 18.9 Å². The van der Waals surface area contributed by atoms with Crippen molar-refractivity contribution in [1.29, 1.82) is 0 Å². The highest BCUT2D eigenvalue weighted by molar-refractivity contribution is 5.89. The van der Waals surface area contributed by atoms with Gasteiger partial charge >= 0.3 is 5.97 Å². The molecule has 0 amide bonds. The largest absolute Gasteiger partial charge is 0.491 e. The van der Waals surface area contributed by atoms with Crippen molar-refractivity contribution >= 4 is 5.97 Å². The van der Waals surface area contributed by atoms with Crippen molar-refractivity contribution in [3.63, 3.8) is 0 Å². The van der Waals surface area contributed by atoms with Crippen molar-refractivity contribution in [3.8, 4) is 5.75 Å². The molecule has 6 nitrogen and oxygen atoms in total. The van der Waals surface area contributed by atoms with E-state index in [1.165, 1.54) is 0 Å². The van der Waals surface area contributed by atoms with E-state index in [9.17, 15) is 4.79 Å². The second kappa shape index (κ2) is 9.50. The summed E-state index contributed by atoms with van der Waals surface area (Å²) in [5, 5.41) is 0. The van der Waals surface area contributed by atoms with Gasteiger partial charge in [0.25, 0.3) is 0 Å². The van der Waals surface area contributed by atoms with Crippen LogP contribution >= 0.6 is 0 Å². The van der Waals surface area contributed by atoms with Gasteiger partial charge in [0.15, 0.2) is 0 Å². The van der Waals surface area contributed by atoms with Gasteiger partial charge < -0.3 is 23.7 Å².